The zero-order valence-electron chi connectivity index (χ0n) is 9.67. The van der Waals surface area contributed by atoms with Crippen LogP contribution in [-0.4, -0.2) is 38.0 Å². The quantitative estimate of drug-likeness (QED) is 0.787. The van der Waals surface area contributed by atoms with Crippen molar-refractivity contribution in [3.05, 3.63) is 19.2 Å². The molecule has 1 heterocycles. The maximum Gasteiger partial charge on any atom is 0.239 e. The highest BCUT2D eigenvalue weighted by molar-refractivity contribution is 9.13. The lowest BCUT2D eigenvalue weighted by Gasteiger charge is -2.16. The van der Waals surface area contributed by atoms with Crippen LogP contribution in [0.1, 0.15) is 10.9 Å². The van der Waals surface area contributed by atoms with Crippen molar-refractivity contribution in [1.29, 1.82) is 0 Å². The zero-order chi connectivity index (χ0) is 13.0. The van der Waals surface area contributed by atoms with Crippen LogP contribution in [0.25, 0.3) is 0 Å². The summed E-state index contributed by atoms with van der Waals surface area (Å²) in [5.74, 6) is -0.356. The van der Waals surface area contributed by atoms with Gasteiger partial charge < -0.3 is 16.0 Å². The van der Waals surface area contributed by atoms with E-state index in [4.69, 9.17) is 5.73 Å². The number of likely N-dealkylation sites (N-methyl/N-ethyl adjacent to an activating group) is 1. The summed E-state index contributed by atoms with van der Waals surface area (Å²) >= 11 is 8.31. The molecule has 4 nitrogen and oxygen atoms in total. The molecular weight excluding hydrogens is 370 g/mol. The van der Waals surface area contributed by atoms with Gasteiger partial charge in [0.2, 0.25) is 5.91 Å². The van der Waals surface area contributed by atoms with E-state index < -0.39 is 6.04 Å². The summed E-state index contributed by atoms with van der Waals surface area (Å²) in [4.78, 5) is 14.4. The Bertz CT molecular complexity index is 375. The normalized spacial score (nSPS) is 13.0. The second-order valence-electron chi connectivity index (χ2n) is 3.86. The summed E-state index contributed by atoms with van der Waals surface area (Å²) in [5.41, 5.74) is 5.41. The first-order valence-corrected chi connectivity index (χ1v) is 7.44. The number of primary amides is 1. The molecule has 0 saturated carbocycles. The molecule has 1 aromatic heterocycles. The molecule has 0 fully saturated rings. The second-order valence-corrected chi connectivity index (χ2v) is 7.12. The zero-order valence-corrected chi connectivity index (χ0v) is 13.7. The van der Waals surface area contributed by atoms with Gasteiger partial charge in [-0.2, -0.15) is 0 Å². The fourth-order valence-corrected chi connectivity index (χ4v) is 3.45. The Morgan fingerprint density at radius 3 is 2.65 bits per heavy atom. The summed E-state index contributed by atoms with van der Waals surface area (Å²) in [6.07, 6.45) is 0. The highest BCUT2D eigenvalue weighted by atomic mass is 79.9. The van der Waals surface area contributed by atoms with Gasteiger partial charge in [0.1, 0.15) is 6.04 Å². The fraction of sp³-hybridized carbons (Fsp3) is 0.500. The second kappa shape index (κ2) is 6.84. The third kappa shape index (κ3) is 4.67. The van der Waals surface area contributed by atoms with Gasteiger partial charge in [-0.05, 0) is 52.0 Å². The Hall–Kier alpha value is 0.0500. The minimum absolute atomic E-state index is 0.356. The van der Waals surface area contributed by atoms with Crippen molar-refractivity contribution in [3.63, 3.8) is 0 Å². The molecule has 0 aromatic carbocycles. The lowest BCUT2D eigenvalue weighted by molar-refractivity contribution is -0.120. The first-order chi connectivity index (χ1) is 7.91. The molecule has 0 radical (unpaired) electrons. The number of nitrogens with two attached hydrogens (primary N) is 1. The number of rotatable bonds is 6. The lowest BCUT2D eigenvalue weighted by atomic mass is 10.2. The van der Waals surface area contributed by atoms with E-state index in [1.165, 1.54) is 11.3 Å². The van der Waals surface area contributed by atoms with Crippen molar-refractivity contribution in [1.82, 2.24) is 10.2 Å². The Balaban J connectivity index is 2.69. The summed E-state index contributed by atoms with van der Waals surface area (Å²) in [7, 11) is 3.97. The van der Waals surface area contributed by atoms with E-state index in [1.54, 1.807) is 0 Å². The number of nitrogens with zero attached hydrogens (tertiary/aromatic N) is 1. The molecule has 0 aliphatic rings. The van der Waals surface area contributed by atoms with Gasteiger partial charge in [0, 0.05) is 22.4 Å². The Morgan fingerprint density at radius 2 is 2.24 bits per heavy atom. The maximum absolute atomic E-state index is 11.4. The van der Waals surface area contributed by atoms with Gasteiger partial charge in [-0.25, -0.2) is 0 Å². The van der Waals surface area contributed by atoms with Crippen molar-refractivity contribution in [2.24, 2.45) is 5.73 Å². The van der Waals surface area contributed by atoms with E-state index >= 15 is 0 Å². The van der Waals surface area contributed by atoms with Gasteiger partial charge >= 0.3 is 0 Å². The number of thiophene rings is 1. The van der Waals surface area contributed by atoms with Crippen LogP contribution in [0.15, 0.2) is 14.3 Å². The lowest BCUT2D eigenvalue weighted by Crippen LogP contribution is -2.36. The molecule has 1 aromatic rings. The molecule has 1 atom stereocenters. The Morgan fingerprint density at radius 1 is 1.59 bits per heavy atom. The van der Waals surface area contributed by atoms with Gasteiger partial charge in [-0.3, -0.25) is 4.79 Å². The van der Waals surface area contributed by atoms with Crippen molar-refractivity contribution in [2.45, 2.75) is 6.04 Å². The van der Waals surface area contributed by atoms with E-state index in [0.717, 1.165) is 19.7 Å². The molecule has 0 bridgehead atoms. The van der Waals surface area contributed by atoms with E-state index in [1.807, 2.05) is 25.1 Å². The summed E-state index contributed by atoms with van der Waals surface area (Å²) in [6.45, 7) is 1.57. The van der Waals surface area contributed by atoms with Gasteiger partial charge in [0.15, 0.2) is 0 Å². The minimum Gasteiger partial charge on any atom is -0.368 e. The topological polar surface area (TPSA) is 58.4 Å². The van der Waals surface area contributed by atoms with E-state index in [-0.39, 0.29) is 5.91 Å². The summed E-state index contributed by atoms with van der Waals surface area (Å²) in [5, 5.41) is 3.16. The molecule has 7 heteroatoms. The third-order valence-corrected chi connectivity index (χ3v) is 5.46. The standard InChI is InChI=1S/C10H15Br2N3OS/c1-15(2)4-3-14-8(10(13)16)7-5-6(11)9(12)17-7/h5,8,14H,3-4H2,1-2H3,(H2,13,16). The third-order valence-electron chi connectivity index (χ3n) is 2.14. The van der Waals surface area contributed by atoms with Crippen LogP contribution >= 0.6 is 43.2 Å². The first kappa shape index (κ1) is 15.1. The highest BCUT2D eigenvalue weighted by Crippen LogP contribution is 2.35. The molecule has 0 saturated heterocycles. The number of carbonyl (C=O) groups is 1. The van der Waals surface area contributed by atoms with E-state index in [2.05, 4.69) is 37.2 Å². The number of hydrogen-bond acceptors (Lipinski definition) is 4. The van der Waals surface area contributed by atoms with Crippen LogP contribution in [0.4, 0.5) is 0 Å². The summed E-state index contributed by atoms with van der Waals surface area (Å²) < 4.78 is 1.91. The predicted octanol–water partition coefficient (Wildman–Crippen LogP) is 1.95. The van der Waals surface area contributed by atoms with Gasteiger partial charge in [0.05, 0.1) is 3.79 Å². The Labute approximate surface area is 122 Å². The number of halogens is 2. The van der Waals surface area contributed by atoms with Gasteiger partial charge in [-0.1, -0.05) is 0 Å². The number of nitrogens with one attached hydrogen (secondary N) is 1. The smallest absolute Gasteiger partial charge is 0.239 e. The fourth-order valence-electron chi connectivity index (χ4n) is 1.28. The van der Waals surface area contributed by atoms with E-state index in [9.17, 15) is 4.79 Å². The van der Waals surface area contributed by atoms with Crippen LogP contribution in [0.5, 0.6) is 0 Å². The van der Waals surface area contributed by atoms with E-state index in [0.29, 0.717) is 6.54 Å². The largest absolute Gasteiger partial charge is 0.368 e. The molecule has 0 spiro atoms. The number of hydrogen-bond donors (Lipinski definition) is 2. The molecular formula is C10H15Br2N3OS. The minimum atomic E-state index is -0.428. The average molecular weight is 385 g/mol. The molecule has 3 N–H and O–H groups in total. The average Bonchev–Trinajstić information content (AvgIpc) is 2.53. The molecule has 1 rings (SSSR count). The monoisotopic (exact) mass is 383 g/mol. The van der Waals surface area contributed by atoms with Crippen LogP contribution < -0.4 is 11.1 Å². The van der Waals surface area contributed by atoms with Crippen LogP contribution in [0, 0.1) is 0 Å². The van der Waals surface area contributed by atoms with Crippen LogP contribution in [0.2, 0.25) is 0 Å². The maximum atomic E-state index is 11.4. The molecule has 96 valence electrons. The van der Waals surface area contributed by atoms with Crippen LogP contribution in [-0.2, 0) is 4.79 Å². The molecule has 1 amide bonds. The van der Waals surface area contributed by atoms with Crippen LogP contribution in [0.3, 0.4) is 0 Å². The van der Waals surface area contributed by atoms with Crippen molar-refractivity contribution in [2.75, 3.05) is 27.2 Å². The molecule has 0 aliphatic carbocycles. The van der Waals surface area contributed by atoms with Crippen molar-refractivity contribution >= 4 is 49.1 Å². The van der Waals surface area contributed by atoms with Crippen molar-refractivity contribution < 1.29 is 4.79 Å². The Kier molecular flexibility index (Phi) is 6.08. The molecule has 17 heavy (non-hydrogen) atoms. The summed E-state index contributed by atoms with van der Waals surface area (Å²) in [6, 6.07) is 1.48. The highest BCUT2D eigenvalue weighted by Gasteiger charge is 2.20. The predicted molar refractivity (Wildman–Crippen MR) is 78.2 cm³/mol. The first-order valence-electron chi connectivity index (χ1n) is 5.04. The molecule has 0 aliphatic heterocycles. The van der Waals surface area contributed by atoms with Crippen molar-refractivity contribution in [3.8, 4) is 0 Å². The number of carbonyl (C=O) groups excluding carboxylic acids is 1. The number of amides is 1. The van der Waals surface area contributed by atoms with Gasteiger partial charge in [0.25, 0.3) is 0 Å². The van der Waals surface area contributed by atoms with Gasteiger partial charge in [-0.15, -0.1) is 11.3 Å². The SMILES string of the molecule is CN(C)CCNC(C(N)=O)c1cc(Br)c(Br)s1. The molecule has 1 unspecified atom stereocenters.